The van der Waals surface area contributed by atoms with Crippen LogP contribution in [-0.4, -0.2) is 9.55 Å². The van der Waals surface area contributed by atoms with Gasteiger partial charge in [0, 0.05) is 18.0 Å². The van der Waals surface area contributed by atoms with Crippen LogP contribution < -0.4 is 4.74 Å². The number of para-hydroxylation sites is 1. The minimum Gasteiger partial charge on any atom is -0.484 e. The van der Waals surface area contributed by atoms with E-state index in [1.807, 2.05) is 24.8 Å². The summed E-state index contributed by atoms with van der Waals surface area (Å²) < 4.78 is 8.70. The molecule has 0 N–H and O–H groups in total. The molecule has 0 radical (unpaired) electrons. The van der Waals surface area contributed by atoms with E-state index in [9.17, 15) is 0 Å². The number of aromatic nitrogens is 2. The molecule has 3 aromatic carbocycles. The Balaban J connectivity index is 1.78. The molecule has 0 saturated carbocycles. The number of nitrogens with zero attached hydrogens (tertiary/aromatic N) is 2. The fourth-order valence-electron chi connectivity index (χ4n) is 3.53. The molecule has 3 nitrogen and oxygen atoms in total. The zero-order valence-electron chi connectivity index (χ0n) is 15.7. The van der Waals surface area contributed by atoms with Crippen LogP contribution in [0.1, 0.15) is 37.0 Å². The van der Waals surface area contributed by atoms with E-state index in [2.05, 4.69) is 84.1 Å². The smallest absolute Gasteiger partial charge is 0.142 e. The summed E-state index contributed by atoms with van der Waals surface area (Å²) in [7, 11) is 0. The first kappa shape index (κ1) is 17.3. The third-order valence-corrected chi connectivity index (χ3v) is 4.92. The van der Waals surface area contributed by atoms with Crippen LogP contribution in [0.15, 0.2) is 85.5 Å². The molecule has 1 atom stereocenters. The van der Waals surface area contributed by atoms with Crippen molar-refractivity contribution in [2.24, 2.45) is 0 Å². The Morgan fingerprint density at radius 3 is 2.44 bits per heavy atom. The first-order chi connectivity index (χ1) is 13.2. The van der Waals surface area contributed by atoms with Crippen molar-refractivity contribution < 1.29 is 4.74 Å². The van der Waals surface area contributed by atoms with Crippen molar-refractivity contribution in [2.75, 3.05) is 0 Å². The highest BCUT2D eigenvalue weighted by Crippen LogP contribution is 2.33. The lowest BCUT2D eigenvalue weighted by atomic mass is 9.99. The van der Waals surface area contributed by atoms with Crippen LogP contribution in [-0.2, 0) is 6.54 Å². The molecular formula is C24H24N2O. The predicted molar refractivity (Wildman–Crippen MR) is 110 cm³/mol. The lowest BCUT2D eigenvalue weighted by Gasteiger charge is -2.24. The van der Waals surface area contributed by atoms with Crippen LogP contribution in [0.3, 0.4) is 0 Å². The van der Waals surface area contributed by atoms with E-state index >= 15 is 0 Å². The number of rotatable bonds is 6. The summed E-state index contributed by atoms with van der Waals surface area (Å²) in [5, 5.41) is 2.46. The summed E-state index contributed by atoms with van der Waals surface area (Å²) in [5.74, 6) is 1.35. The summed E-state index contributed by atoms with van der Waals surface area (Å²) in [6.45, 7) is 5.11. The van der Waals surface area contributed by atoms with Crippen molar-refractivity contribution in [2.45, 2.75) is 32.4 Å². The van der Waals surface area contributed by atoms with E-state index in [-0.39, 0.29) is 6.10 Å². The van der Waals surface area contributed by atoms with Gasteiger partial charge in [-0.15, -0.1) is 0 Å². The van der Waals surface area contributed by atoms with E-state index in [4.69, 9.17) is 4.74 Å². The van der Waals surface area contributed by atoms with E-state index < -0.39 is 0 Å². The van der Waals surface area contributed by atoms with Gasteiger partial charge in [0.05, 0.1) is 12.9 Å². The maximum Gasteiger partial charge on any atom is 0.142 e. The number of benzene rings is 3. The van der Waals surface area contributed by atoms with Gasteiger partial charge in [-0.1, -0.05) is 74.5 Å². The van der Waals surface area contributed by atoms with E-state index in [0.717, 1.165) is 5.75 Å². The lowest BCUT2D eigenvalue weighted by molar-refractivity contribution is 0.182. The van der Waals surface area contributed by atoms with Gasteiger partial charge in [0.15, 0.2) is 0 Å². The van der Waals surface area contributed by atoms with Crippen molar-refractivity contribution in [3.8, 4) is 5.75 Å². The van der Waals surface area contributed by atoms with Crippen LogP contribution in [0.4, 0.5) is 0 Å². The van der Waals surface area contributed by atoms with Gasteiger partial charge in [-0.3, -0.25) is 0 Å². The van der Waals surface area contributed by atoms with Gasteiger partial charge in [0.1, 0.15) is 11.9 Å². The van der Waals surface area contributed by atoms with E-state index in [1.54, 1.807) is 0 Å². The summed E-state index contributed by atoms with van der Waals surface area (Å²) in [5.41, 5.74) is 2.42. The monoisotopic (exact) mass is 356 g/mol. The normalized spacial score (nSPS) is 12.4. The fraction of sp³-hybridized carbons (Fsp3) is 0.208. The minimum atomic E-state index is -0.106. The van der Waals surface area contributed by atoms with Gasteiger partial charge in [-0.2, -0.15) is 0 Å². The molecule has 0 amide bonds. The van der Waals surface area contributed by atoms with E-state index in [1.165, 1.54) is 21.9 Å². The number of hydrogen-bond acceptors (Lipinski definition) is 2. The molecule has 136 valence electrons. The highest BCUT2D eigenvalue weighted by atomic mass is 16.5. The maximum absolute atomic E-state index is 6.63. The largest absolute Gasteiger partial charge is 0.484 e. The van der Waals surface area contributed by atoms with Gasteiger partial charge < -0.3 is 9.30 Å². The third-order valence-electron chi connectivity index (χ3n) is 4.92. The first-order valence-corrected chi connectivity index (χ1v) is 9.41. The molecule has 0 fully saturated rings. The first-order valence-electron chi connectivity index (χ1n) is 9.41. The van der Waals surface area contributed by atoms with Gasteiger partial charge in [0.2, 0.25) is 0 Å². The second-order valence-corrected chi connectivity index (χ2v) is 7.13. The van der Waals surface area contributed by atoms with Gasteiger partial charge >= 0.3 is 0 Å². The number of ether oxygens (including phenoxy) is 1. The van der Waals surface area contributed by atoms with Crippen molar-refractivity contribution in [1.82, 2.24) is 9.55 Å². The van der Waals surface area contributed by atoms with Crippen molar-refractivity contribution in [3.63, 3.8) is 0 Å². The Bertz CT molecular complexity index is 1020. The Kier molecular flexibility index (Phi) is 4.93. The Labute approximate surface area is 160 Å². The average molecular weight is 356 g/mol. The van der Waals surface area contributed by atoms with Gasteiger partial charge in [-0.25, -0.2) is 4.98 Å². The average Bonchev–Trinajstić information content (AvgIpc) is 3.20. The van der Waals surface area contributed by atoms with Crippen LogP contribution >= 0.6 is 0 Å². The predicted octanol–water partition coefficient (Wildman–Crippen LogP) is 5.98. The summed E-state index contributed by atoms with van der Waals surface area (Å²) in [6, 6.07) is 23.2. The Morgan fingerprint density at radius 1 is 0.889 bits per heavy atom. The Morgan fingerprint density at radius 2 is 1.63 bits per heavy atom. The topological polar surface area (TPSA) is 27.1 Å². The molecule has 0 aliphatic carbocycles. The zero-order chi connectivity index (χ0) is 18.6. The van der Waals surface area contributed by atoms with Gasteiger partial charge in [-0.05, 0) is 28.3 Å². The molecule has 3 heteroatoms. The minimum absolute atomic E-state index is 0.106. The fourth-order valence-corrected chi connectivity index (χ4v) is 3.53. The molecular weight excluding hydrogens is 332 g/mol. The molecule has 4 rings (SSSR count). The molecule has 0 aliphatic rings. The highest BCUT2D eigenvalue weighted by Gasteiger charge is 2.19. The maximum atomic E-state index is 6.63. The zero-order valence-corrected chi connectivity index (χ0v) is 15.7. The van der Waals surface area contributed by atoms with Crippen LogP contribution in [0.5, 0.6) is 5.75 Å². The van der Waals surface area contributed by atoms with Crippen LogP contribution in [0.2, 0.25) is 0 Å². The molecule has 4 aromatic rings. The quantitative estimate of drug-likeness (QED) is 0.425. The highest BCUT2D eigenvalue weighted by molar-refractivity contribution is 5.86. The molecule has 1 aromatic heterocycles. The summed E-state index contributed by atoms with van der Waals surface area (Å²) in [4.78, 5) is 4.19. The van der Waals surface area contributed by atoms with Crippen LogP contribution in [0, 0.1) is 0 Å². The summed E-state index contributed by atoms with van der Waals surface area (Å²) in [6.07, 6.45) is 5.53. The standard InChI is InChI=1S/C24H24N2O/c1-18(2)20-10-5-6-13-23(20)27-24(16-26-15-14-25-17-26)22-12-7-9-19-8-3-4-11-21(19)22/h3-15,17-18,24H,16H2,1-2H3. The molecule has 27 heavy (non-hydrogen) atoms. The van der Waals surface area contributed by atoms with Crippen molar-refractivity contribution >= 4 is 10.8 Å². The molecule has 0 aliphatic heterocycles. The second kappa shape index (κ2) is 7.67. The van der Waals surface area contributed by atoms with Crippen molar-refractivity contribution in [1.29, 1.82) is 0 Å². The number of imidazole rings is 1. The second-order valence-electron chi connectivity index (χ2n) is 7.13. The molecule has 0 spiro atoms. The number of hydrogen-bond donors (Lipinski definition) is 0. The van der Waals surface area contributed by atoms with E-state index in [0.29, 0.717) is 12.5 Å². The molecule has 1 unspecified atom stereocenters. The van der Waals surface area contributed by atoms with Gasteiger partial charge in [0.25, 0.3) is 0 Å². The Hall–Kier alpha value is -3.07. The lowest BCUT2D eigenvalue weighted by Crippen LogP contribution is -2.16. The van der Waals surface area contributed by atoms with Crippen LogP contribution in [0.25, 0.3) is 10.8 Å². The number of fused-ring (bicyclic) bond motifs is 1. The molecule has 0 saturated heterocycles. The van der Waals surface area contributed by atoms with Crippen molar-refractivity contribution in [3.05, 3.63) is 96.6 Å². The SMILES string of the molecule is CC(C)c1ccccc1OC(Cn1ccnc1)c1cccc2ccccc12. The summed E-state index contributed by atoms with van der Waals surface area (Å²) >= 11 is 0. The molecule has 1 heterocycles. The third kappa shape index (κ3) is 3.72. The molecule has 0 bridgehead atoms.